The van der Waals surface area contributed by atoms with E-state index in [0.717, 1.165) is 25.9 Å². The zero-order valence-electron chi connectivity index (χ0n) is 11.7. The number of nitrogens with zero attached hydrogens (tertiary/aromatic N) is 2. The third kappa shape index (κ3) is 3.70. The molecule has 0 bridgehead atoms. The Kier molecular flexibility index (Phi) is 5.59. The van der Waals surface area contributed by atoms with E-state index in [1.807, 2.05) is 18.7 Å². The van der Waals surface area contributed by atoms with Gasteiger partial charge in [-0.2, -0.15) is 0 Å². The fourth-order valence-electron chi connectivity index (χ4n) is 2.29. The van der Waals surface area contributed by atoms with E-state index in [1.165, 1.54) is 4.90 Å². The molecule has 0 radical (unpaired) electrons. The Bertz CT molecular complexity index is 299. The molecule has 1 fully saturated rings. The molecule has 104 valence electrons. The molecule has 1 unspecified atom stereocenters. The zero-order valence-corrected chi connectivity index (χ0v) is 11.7. The van der Waals surface area contributed by atoms with Crippen LogP contribution < -0.4 is 5.73 Å². The lowest BCUT2D eigenvalue weighted by molar-refractivity contribution is -0.141. The normalized spacial score (nSPS) is 17.1. The molecule has 0 aromatic heterocycles. The lowest BCUT2D eigenvalue weighted by Crippen LogP contribution is -2.44. The van der Waals surface area contributed by atoms with Crippen LogP contribution in [0.3, 0.4) is 0 Å². The zero-order chi connectivity index (χ0) is 13.7. The van der Waals surface area contributed by atoms with E-state index in [9.17, 15) is 9.59 Å². The first-order chi connectivity index (χ1) is 8.47. The summed E-state index contributed by atoms with van der Waals surface area (Å²) < 4.78 is 0. The van der Waals surface area contributed by atoms with Gasteiger partial charge in [-0.3, -0.25) is 9.59 Å². The molecular weight excluding hydrogens is 230 g/mol. The second-order valence-electron chi connectivity index (χ2n) is 5.37. The van der Waals surface area contributed by atoms with Crippen LogP contribution in [0.1, 0.15) is 26.7 Å². The number of nitrogens with two attached hydrogens (primary N) is 1. The Hall–Kier alpha value is -1.10. The summed E-state index contributed by atoms with van der Waals surface area (Å²) in [6, 6.07) is 0. The van der Waals surface area contributed by atoms with Gasteiger partial charge in [0.05, 0.1) is 12.5 Å². The predicted molar refractivity (Wildman–Crippen MR) is 70.8 cm³/mol. The molecule has 0 saturated carbocycles. The maximum atomic E-state index is 12.1. The van der Waals surface area contributed by atoms with E-state index in [1.54, 1.807) is 7.05 Å². The predicted octanol–water partition coefficient (Wildman–Crippen LogP) is 0.298. The summed E-state index contributed by atoms with van der Waals surface area (Å²) in [7, 11) is 1.68. The number of likely N-dealkylation sites (N-methyl/N-ethyl adjacent to an activating group) is 1. The summed E-state index contributed by atoms with van der Waals surface area (Å²) in [5, 5.41) is 0. The van der Waals surface area contributed by atoms with Crippen LogP contribution in [-0.2, 0) is 9.59 Å². The van der Waals surface area contributed by atoms with E-state index in [2.05, 4.69) is 0 Å². The molecule has 18 heavy (non-hydrogen) atoms. The van der Waals surface area contributed by atoms with Crippen LogP contribution in [0.4, 0.5) is 0 Å². The van der Waals surface area contributed by atoms with Crippen molar-refractivity contribution in [3.8, 4) is 0 Å². The minimum atomic E-state index is -0.193. The van der Waals surface area contributed by atoms with Crippen LogP contribution >= 0.6 is 0 Å². The fourth-order valence-corrected chi connectivity index (χ4v) is 2.29. The number of rotatable bonds is 5. The van der Waals surface area contributed by atoms with Gasteiger partial charge < -0.3 is 15.5 Å². The average molecular weight is 255 g/mol. The molecule has 1 heterocycles. The van der Waals surface area contributed by atoms with Crippen molar-refractivity contribution in [3.63, 3.8) is 0 Å². The van der Waals surface area contributed by atoms with Crippen LogP contribution in [-0.4, -0.2) is 54.8 Å². The van der Waals surface area contributed by atoms with Gasteiger partial charge in [-0.25, -0.2) is 0 Å². The molecule has 2 N–H and O–H groups in total. The Balaban J connectivity index is 2.50. The SMILES string of the molecule is CC(C)C(CN)C(=O)N(C)CC(=O)N1CCCC1. The fraction of sp³-hybridized carbons (Fsp3) is 0.846. The molecule has 1 saturated heterocycles. The van der Waals surface area contributed by atoms with Gasteiger partial charge in [0.2, 0.25) is 11.8 Å². The summed E-state index contributed by atoms with van der Waals surface area (Å²) in [6.45, 7) is 6.11. The maximum Gasteiger partial charge on any atom is 0.242 e. The van der Waals surface area contributed by atoms with Gasteiger partial charge >= 0.3 is 0 Å². The Morgan fingerprint density at radius 3 is 2.28 bits per heavy atom. The summed E-state index contributed by atoms with van der Waals surface area (Å²) in [4.78, 5) is 27.4. The summed E-state index contributed by atoms with van der Waals surface area (Å²) in [5.74, 6) is 0.0242. The first kappa shape index (κ1) is 15.0. The van der Waals surface area contributed by atoms with Crippen molar-refractivity contribution >= 4 is 11.8 Å². The molecule has 2 amide bonds. The number of carbonyl (C=O) groups excluding carboxylic acids is 2. The molecule has 1 aliphatic rings. The highest BCUT2D eigenvalue weighted by molar-refractivity contribution is 5.86. The number of amides is 2. The molecule has 1 atom stereocenters. The number of likely N-dealkylation sites (tertiary alicyclic amines) is 1. The molecule has 5 heteroatoms. The van der Waals surface area contributed by atoms with E-state index >= 15 is 0 Å². The Morgan fingerprint density at radius 2 is 1.83 bits per heavy atom. The van der Waals surface area contributed by atoms with Crippen molar-refractivity contribution < 1.29 is 9.59 Å². The van der Waals surface area contributed by atoms with Gasteiger partial charge in [0.1, 0.15) is 0 Å². The smallest absolute Gasteiger partial charge is 0.242 e. The van der Waals surface area contributed by atoms with Gasteiger partial charge in [0, 0.05) is 26.7 Å². The standard InChI is InChI=1S/C13H25N3O2/c1-10(2)11(8-14)13(18)15(3)9-12(17)16-6-4-5-7-16/h10-11H,4-9,14H2,1-3H3. The number of carbonyl (C=O) groups is 2. The Morgan fingerprint density at radius 1 is 1.28 bits per heavy atom. The molecule has 0 aromatic carbocycles. The third-order valence-electron chi connectivity index (χ3n) is 3.58. The summed E-state index contributed by atoms with van der Waals surface area (Å²) in [6.07, 6.45) is 2.14. The average Bonchev–Trinajstić information content (AvgIpc) is 2.82. The monoisotopic (exact) mass is 255 g/mol. The molecular formula is C13H25N3O2. The van der Waals surface area contributed by atoms with Crippen molar-refractivity contribution in [3.05, 3.63) is 0 Å². The van der Waals surface area contributed by atoms with Crippen LogP contribution in [0.25, 0.3) is 0 Å². The minimum absolute atomic E-state index is 0.0277. The highest BCUT2D eigenvalue weighted by atomic mass is 16.2. The maximum absolute atomic E-state index is 12.1. The number of hydrogen-bond acceptors (Lipinski definition) is 3. The summed E-state index contributed by atoms with van der Waals surface area (Å²) in [5.41, 5.74) is 5.62. The van der Waals surface area contributed by atoms with E-state index in [-0.39, 0.29) is 30.2 Å². The first-order valence-corrected chi connectivity index (χ1v) is 6.70. The largest absolute Gasteiger partial charge is 0.341 e. The quantitative estimate of drug-likeness (QED) is 0.768. The third-order valence-corrected chi connectivity index (χ3v) is 3.58. The van der Waals surface area contributed by atoms with Gasteiger partial charge in [-0.05, 0) is 18.8 Å². The lowest BCUT2D eigenvalue weighted by Gasteiger charge is -2.26. The van der Waals surface area contributed by atoms with Crippen molar-refractivity contribution in [1.82, 2.24) is 9.80 Å². The molecule has 0 spiro atoms. The van der Waals surface area contributed by atoms with Crippen LogP contribution in [0.5, 0.6) is 0 Å². The highest BCUT2D eigenvalue weighted by Gasteiger charge is 2.26. The first-order valence-electron chi connectivity index (χ1n) is 6.70. The molecule has 0 aromatic rings. The minimum Gasteiger partial charge on any atom is -0.341 e. The van der Waals surface area contributed by atoms with E-state index < -0.39 is 0 Å². The second kappa shape index (κ2) is 6.73. The molecule has 1 aliphatic heterocycles. The Labute approximate surface area is 109 Å². The lowest BCUT2D eigenvalue weighted by atomic mass is 9.94. The van der Waals surface area contributed by atoms with Gasteiger partial charge in [0.15, 0.2) is 0 Å². The highest BCUT2D eigenvalue weighted by Crippen LogP contribution is 2.13. The van der Waals surface area contributed by atoms with E-state index in [4.69, 9.17) is 5.73 Å². The topological polar surface area (TPSA) is 66.6 Å². The van der Waals surface area contributed by atoms with Crippen LogP contribution in [0.2, 0.25) is 0 Å². The molecule has 0 aliphatic carbocycles. The van der Waals surface area contributed by atoms with Crippen LogP contribution in [0, 0.1) is 11.8 Å². The van der Waals surface area contributed by atoms with Gasteiger partial charge in [0.25, 0.3) is 0 Å². The second-order valence-corrected chi connectivity index (χ2v) is 5.37. The van der Waals surface area contributed by atoms with Crippen molar-refractivity contribution in [2.45, 2.75) is 26.7 Å². The summed E-state index contributed by atoms with van der Waals surface area (Å²) >= 11 is 0. The molecule has 1 rings (SSSR count). The van der Waals surface area contributed by atoms with Crippen LogP contribution in [0.15, 0.2) is 0 Å². The van der Waals surface area contributed by atoms with Gasteiger partial charge in [-0.15, -0.1) is 0 Å². The number of hydrogen-bond donors (Lipinski definition) is 1. The van der Waals surface area contributed by atoms with Crippen molar-refractivity contribution in [1.29, 1.82) is 0 Å². The molecule has 5 nitrogen and oxygen atoms in total. The van der Waals surface area contributed by atoms with Gasteiger partial charge in [-0.1, -0.05) is 13.8 Å². The van der Waals surface area contributed by atoms with E-state index in [0.29, 0.717) is 6.54 Å². The van der Waals surface area contributed by atoms with Crippen molar-refractivity contribution in [2.24, 2.45) is 17.6 Å². The van der Waals surface area contributed by atoms with Crippen molar-refractivity contribution in [2.75, 3.05) is 33.2 Å².